The van der Waals surface area contributed by atoms with E-state index < -0.39 is 0 Å². The highest BCUT2D eigenvalue weighted by molar-refractivity contribution is 6.30. The lowest BCUT2D eigenvalue weighted by molar-refractivity contribution is -0.00000131. The maximum absolute atomic E-state index is 5.54. The van der Waals surface area contributed by atoms with Gasteiger partial charge in [0.15, 0.2) is 0 Å². The third-order valence-electron chi connectivity index (χ3n) is 0.733. The van der Waals surface area contributed by atoms with Crippen molar-refractivity contribution in [3.63, 3.8) is 0 Å². The number of benzene rings is 1. The van der Waals surface area contributed by atoms with Crippen LogP contribution in [0.2, 0.25) is 5.02 Å². The van der Waals surface area contributed by atoms with Gasteiger partial charge in [0.25, 0.3) is 0 Å². The topological polar surface area (TPSA) is 0 Å². The van der Waals surface area contributed by atoms with Gasteiger partial charge in [0.1, 0.15) is 0 Å². The Balaban J connectivity index is 0.000000490. The molecule has 0 aliphatic heterocycles. The Bertz CT molecular complexity index is 138. The van der Waals surface area contributed by atoms with E-state index in [1.807, 2.05) is 30.3 Å². The number of halogens is 2. The van der Waals surface area contributed by atoms with Crippen LogP contribution in [0.1, 0.15) is 0 Å². The molecule has 0 aromatic heterocycles. The van der Waals surface area contributed by atoms with Crippen LogP contribution in [-0.2, 0) is 0 Å². The third-order valence-corrected chi connectivity index (χ3v) is 0.985. The molecule has 0 nitrogen and oxygen atoms in total. The van der Waals surface area contributed by atoms with Crippen LogP contribution in [0.5, 0.6) is 0 Å². The van der Waals surface area contributed by atoms with E-state index in [1.54, 1.807) is 0 Å². The summed E-state index contributed by atoms with van der Waals surface area (Å²) in [5.41, 5.74) is 0. The fourth-order valence-corrected chi connectivity index (χ4v) is 0.560. The van der Waals surface area contributed by atoms with Gasteiger partial charge in [-0.05, 0) is 12.1 Å². The van der Waals surface area contributed by atoms with Gasteiger partial charge in [-0.2, -0.15) is 0 Å². The standard InChI is InChI=1S/C6H5Cl.BrH/c7-6-4-2-1-3-5-6;/h1-5H;1H/p-1. The van der Waals surface area contributed by atoms with Crippen molar-refractivity contribution in [3.8, 4) is 0 Å². The lowest BCUT2D eigenvalue weighted by Gasteiger charge is -1.80. The van der Waals surface area contributed by atoms with E-state index in [1.165, 1.54) is 0 Å². The van der Waals surface area contributed by atoms with E-state index in [0.29, 0.717) is 0 Å². The molecule has 0 unspecified atom stereocenters. The Kier molecular flexibility index (Phi) is 3.92. The van der Waals surface area contributed by atoms with E-state index in [4.69, 9.17) is 11.6 Å². The van der Waals surface area contributed by atoms with E-state index in [2.05, 4.69) is 0 Å². The zero-order chi connectivity index (χ0) is 5.11. The fourth-order valence-electron chi connectivity index (χ4n) is 0.415. The highest BCUT2D eigenvalue weighted by Gasteiger charge is 1.74. The molecule has 1 rings (SSSR count). The molecule has 0 amide bonds. The van der Waals surface area contributed by atoms with E-state index in [-0.39, 0.29) is 17.0 Å². The maximum Gasteiger partial charge on any atom is 0.0405 e. The summed E-state index contributed by atoms with van der Waals surface area (Å²) in [6.45, 7) is 0. The molecule has 0 aliphatic rings. The van der Waals surface area contributed by atoms with Crippen molar-refractivity contribution in [2.75, 3.05) is 0 Å². The second kappa shape index (κ2) is 3.93. The third kappa shape index (κ3) is 2.34. The fraction of sp³-hybridized carbons (Fsp3) is 0. The first kappa shape index (κ1) is 7.99. The monoisotopic (exact) mass is 191 g/mol. The maximum atomic E-state index is 5.54. The van der Waals surface area contributed by atoms with Gasteiger partial charge in [-0.15, -0.1) is 0 Å². The van der Waals surface area contributed by atoms with Crippen LogP contribution in [0.25, 0.3) is 0 Å². The van der Waals surface area contributed by atoms with Gasteiger partial charge in [-0.25, -0.2) is 0 Å². The Morgan fingerprint density at radius 2 is 1.50 bits per heavy atom. The average Bonchev–Trinajstić information content (AvgIpc) is 1.69. The van der Waals surface area contributed by atoms with E-state index in [9.17, 15) is 0 Å². The molecule has 1 aromatic carbocycles. The van der Waals surface area contributed by atoms with Crippen LogP contribution in [-0.4, -0.2) is 0 Å². The summed E-state index contributed by atoms with van der Waals surface area (Å²) in [7, 11) is 0. The SMILES string of the molecule is Clc1ccccc1.[Br-]. The largest absolute Gasteiger partial charge is 1.00 e. The smallest absolute Gasteiger partial charge is 0.0405 e. The lowest BCUT2D eigenvalue weighted by atomic mass is 10.4. The summed E-state index contributed by atoms with van der Waals surface area (Å²) in [4.78, 5) is 0. The van der Waals surface area contributed by atoms with E-state index >= 15 is 0 Å². The van der Waals surface area contributed by atoms with Gasteiger partial charge in [0, 0.05) is 5.02 Å². The molecule has 8 heavy (non-hydrogen) atoms. The summed E-state index contributed by atoms with van der Waals surface area (Å²) in [6, 6.07) is 9.44. The predicted octanol–water partition coefficient (Wildman–Crippen LogP) is -0.656. The quantitative estimate of drug-likeness (QED) is 0.512. The van der Waals surface area contributed by atoms with Crippen LogP contribution in [0.15, 0.2) is 30.3 Å². The minimum absolute atomic E-state index is 0. The van der Waals surface area contributed by atoms with Crippen LogP contribution >= 0.6 is 11.6 Å². The highest BCUT2D eigenvalue weighted by atomic mass is 79.9. The summed E-state index contributed by atoms with van der Waals surface area (Å²) in [5.74, 6) is 0. The van der Waals surface area contributed by atoms with E-state index in [0.717, 1.165) is 5.02 Å². The molecule has 0 radical (unpaired) electrons. The molecule has 0 spiro atoms. The van der Waals surface area contributed by atoms with Crippen LogP contribution < -0.4 is 17.0 Å². The molecule has 0 fully saturated rings. The minimum atomic E-state index is 0. The molecule has 0 bridgehead atoms. The van der Waals surface area contributed by atoms with Crippen molar-refractivity contribution in [1.82, 2.24) is 0 Å². The highest BCUT2D eigenvalue weighted by Crippen LogP contribution is 2.03. The first-order chi connectivity index (χ1) is 3.39. The van der Waals surface area contributed by atoms with Crippen molar-refractivity contribution in [2.45, 2.75) is 0 Å². The Hall–Kier alpha value is -0.0100. The summed E-state index contributed by atoms with van der Waals surface area (Å²) in [6.07, 6.45) is 0. The van der Waals surface area contributed by atoms with Crippen molar-refractivity contribution in [2.24, 2.45) is 0 Å². The second-order valence-electron chi connectivity index (χ2n) is 1.30. The summed E-state index contributed by atoms with van der Waals surface area (Å²) in [5, 5.41) is 0.794. The first-order valence-electron chi connectivity index (χ1n) is 2.10. The molecule has 44 valence electrons. The van der Waals surface area contributed by atoms with Gasteiger partial charge >= 0.3 is 0 Å². The molecule has 0 saturated carbocycles. The van der Waals surface area contributed by atoms with Crippen molar-refractivity contribution < 1.29 is 17.0 Å². The zero-order valence-corrected chi connectivity index (χ0v) is 6.48. The van der Waals surface area contributed by atoms with Gasteiger partial charge < -0.3 is 17.0 Å². The molecule has 0 atom stereocenters. The molecule has 0 heterocycles. The Morgan fingerprint density at radius 3 is 1.75 bits per heavy atom. The molecular formula is C6H5BrCl-. The second-order valence-corrected chi connectivity index (χ2v) is 1.73. The van der Waals surface area contributed by atoms with Crippen molar-refractivity contribution in [1.29, 1.82) is 0 Å². The predicted molar refractivity (Wildman–Crippen MR) is 31.5 cm³/mol. The molecule has 2 heteroatoms. The molecule has 1 aromatic rings. The van der Waals surface area contributed by atoms with Gasteiger partial charge in [0.2, 0.25) is 0 Å². The molecule has 0 N–H and O–H groups in total. The zero-order valence-electron chi connectivity index (χ0n) is 4.14. The number of rotatable bonds is 0. The Morgan fingerprint density at radius 1 is 1.00 bits per heavy atom. The molecular weight excluding hydrogens is 187 g/mol. The van der Waals surface area contributed by atoms with Crippen molar-refractivity contribution >= 4 is 11.6 Å². The van der Waals surface area contributed by atoms with Gasteiger partial charge in [-0.1, -0.05) is 29.8 Å². The Labute approximate surface area is 64.2 Å². The summed E-state index contributed by atoms with van der Waals surface area (Å²) < 4.78 is 0. The lowest BCUT2D eigenvalue weighted by Crippen LogP contribution is -3.00. The van der Waals surface area contributed by atoms with Gasteiger partial charge in [-0.3, -0.25) is 0 Å². The van der Waals surface area contributed by atoms with Gasteiger partial charge in [0.05, 0.1) is 0 Å². The summed E-state index contributed by atoms with van der Waals surface area (Å²) >= 11 is 5.54. The van der Waals surface area contributed by atoms with Crippen LogP contribution in [0.3, 0.4) is 0 Å². The minimum Gasteiger partial charge on any atom is -1.00 e. The number of hydrogen-bond acceptors (Lipinski definition) is 0. The van der Waals surface area contributed by atoms with Crippen molar-refractivity contribution in [3.05, 3.63) is 35.4 Å². The molecule has 0 aliphatic carbocycles. The molecule has 0 saturated heterocycles. The van der Waals surface area contributed by atoms with Crippen LogP contribution in [0, 0.1) is 0 Å². The van der Waals surface area contributed by atoms with Crippen LogP contribution in [0.4, 0.5) is 0 Å². The average molecular weight is 192 g/mol. The normalized spacial score (nSPS) is 7.62. The first-order valence-corrected chi connectivity index (χ1v) is 2.48. The number of hydrogen-bond donors (Lipinski definition) is 0.